The van der Waals surface area contributed by atoms with E-state index in [2.05, 4.69) is 4.98 Å². The molecule has 1 atom stereocenters. The van der Waals surface area contributed by atoms with E-state index in [1.807, 2.05) is 4.90 Å². The van der Waals surface area contributed by atoms with Gasteiger partial charge in [0.25, 0.3) is 5.91 Å². The number of rotatable bonds is 4. The molecular formula is C19H24N2O4. The Balaban J connectivity index is 1.33. The Hall–Kier alpha value is -2.11. The monoisotopic (exact) mass is 344 g/mol. The molecular weight excluding hydrogens is 320 g/mol. The lowest BCUT2D eigenvalue weighted by Crippen LogP contribution is -2.40. The third kappa shape index (κ3) is 3.22. The lowest BCUT2D eigenvalue weighted by Gasteiger charge is -2.32. The minimum Gasteiger partial charge on any atom is -0.481 e. The van der Waals surface area contributed by atoms with Gasteiger partial charge in [0.1, 0.15) is 6.10 Å². The molecule has 0 radical (unpaired) electrons. The number of likely N-dealkylation sites (tertiary alicyclic amines) is 1. The van der Waals surface area contributed by atoms with Gasteiger partial charge in [-0.15, -0.1) is 0 Å². The number of carbonyl (C=O) groups is 2. The Bertz CT molecular complexity index is 659. The van der Waals surface area contributed by atoms with Crippen LogP contribution in [0, 0.1) is 11.3 Å². The quantitative estimate of drug-likeness (QED) is 0.908. The first-order chi connectivity index (χ1) is 12.1. The van der Waals surface area contributed by atoms with Crippen LogP contribution in [0.25, 0.3) is 0 Å². The van der Waals surface area contributed by atoms with Crippen LogP contribution in [0.2, 0.25) is 0 Å². The van der Waals surface area contributed by atoms with Crippen LogP contribution in [0.1, 0.15) is 55.3 Å². The Kier molecular flexibility index (Phi) is 4.13. The maximum Gasteiger partial charge on any atom is 0.307 e. The molecule has 134 valence electrons. The van der Waals surface area contributed by atoms with E-state index in [-0.39, 0.29) is 23.3 Å². The fourth-order valence-electron chi connectivity index (χ4n) is 4.34. The Morgan fingerprint density at radius 1 is 1.20 bits per heavy atom. The number of hydrogen-bond acceptors (Lipinski definition) is 4. The Morgan fingerprint density at radius 3 is 2.48 bits per heavy atom. The summed E-state index contributed by atoms with van der Waals surface area (Å²) in [5.74, 6) is -0.342. The molecule has 2 aliphatic carbocycles. The summed E-state index contributed by atoms with van der Waals surface area (Å²) in [5, 5.41) is 9.15. The summed E-state index contributed by atoms with van der Waals surface area (Å²) in [6.07, 6.45) is 8.75. The number of carboxylic acids is 1. The molecule has 1 saturated heterocycles. The molecule has 1 aliphatic heterocycles. The first-order valence-electron chi connectivity index (χ1n) is 9.22. The fourth-order valence-corrected chi connectivity index (χ4v) is 4.34. The van der Waals surface area contributed by atoms with Crippen molar-refractivity contribution in [2.75, 3.05) is 13.1 Å². The number of amides is 1. The number of ether oxygens (including phenoxy) is 1. The smallest absolute Gasteiger partial charge is 0.307 e. The molecule has 1 spiro atoms. The summed E-state index contributed by atoms with van der Waals surface area (Å²) in [4.78, 5) is 29.9. The van der Waals surface area contributed by atoms with E-state index < -0.39 is 5.97 Å². The van der Waals surface area contributed by atoms with Crippen LogP contribution in [0.15, 0.2) is 18.3 Å². The molecule has 6 nitrogen and oxygen atoms in total. The lowest BCUT2D eigenvalue weighted by molar-refractivity contribution is -0.139. The molecule has 25 heavy (non-hydrogen) atoms. The van der Waals surface area contributed by atoms with Crippen molar-refractivity contribution in [3.8, 4) is 5.88 Å². The van der Waals surface area contributed by atoms with Crippen LogP contribution in [0.4, 0.5) is 0 Å². The van der Waals surface area contributed by atoms with Crippen molar-refractivity contribution in [2.24, 2.45) is 11.3 Å². The fraction of sp³-hybridized carbons (Fsp3) is 0.632. The average molecular weight is 344 g/mol. The van der Waals surface area contributed by atoms with Gasteiger partial charge >= 0.3 is 5.97 Å². The van der Waals surface area contributed by atoms with Gasteiger partial charge in [-0.25, -0.2) is 4.98 Å². The van der Waals surface area contributed by atoms with Gasteiger partial charge in [-0.05, 0) is 56.4 Å². The molecule has 0 aromatic carbocycles. The largest absolute Gasteiger partial charge is 0.481 e. The van der Waals surface area contributed by atoms with Crippen LogP contribution < -0.4 is 4.74 Å². The summed E-state index contributed by atoms with van der Waals surface area (Å²) >= 11 is 0. The highest BCUT2D eigenvalue weighted by Crippen LogP contribution is 2.59. The van der Waals surface area contributed by atoms with Crippen molar-refractivity contribution in [1.29, 1.82) is 0 Å². The molecule has 3 aliphatic rings. The number of aliphatic carboxylic acids is 1. The third-order valence-corrected chi connectivity index (χ3v) is 6.11. The van der Waals surface area contributed by atoms with Gasteiger partial charge < -0.3 is 14.7 Å². The molecule has 6 heteroatoms. The zero-order valence-electron chi connectivity index (χ0n) is 14.3. The first kappa shape index (κ1) is 16.4. The second-order valence-corrected chi connectivity index (χ2v) is 7.66. The summed E-state index contributed by atoms with van der Waals surface area (Å²) in [7, 11) is 0. The summed E-state index contributed by atoms with van der Waals surface area (Å²) in [6.45, 7) is 1.26. The van der Waals surface area contributed by atoms with Gasteiger partial charge in [0.15, 0.2) is 0 Å². The van der Waals surface area contributed by atoms with Gasteiger partial charge in [-0.1, -0.05) is 0 Å². The van der Waals surface area contributed by atoms with Crippen molar-refractivity contribution in [3.63, 3.8) is 0 Å². The summed E-state index contributed by atoms with van der Waals surface area (Å²) in [6, 6.07) is 3.56. The maximum absolute atomic E-state index is 12.6. The van der Waals surface area contributed by atoms with E-state index >= 15 is 0 Å². The van der Waals surface area contributed by atoms with E-state index in [1.54, 1.807) is 18.3 Å². The molecule has 3 fully saturated rings. The van der Waals surface area contributed by atoms with Crippen LogP contribution >= 0.6 is 0 Å². The number of piperidine rings is 1. The molecule has 1 N–H and O–H groups in total. The summed E-state index contributed by atoms with van der Waals surface area (Å²) < 4.78 is 5.83. The topological polar surface area (TPSA) is 79.7 Å². The number of carbonyl (C=O) groups excluding carboxylic acids is 1. The van der Waals surface area contributed by atoms with E-state index in [9.17, 15) is 9.59 Å². The van der Waals surface area contributed by atoms with Crippen molar-refractivity contribution in [3.05, 3.63) is 23.9 Å². The molecule has 1 aromatic heterocycles. The highest BCUT2D eigenvalue weighted by molar-refractivity contribution is 5.94. The molecule has 1 aromatic rings. The molecule has 4 rings (SSSR count). The van der Waals surface area contributed by atoms with E-state index in [0.717, 1.165) is 32.1 Å². The SMILES string of the molecule is O=C(O)C1CC12CCN(C(=O)c1ccc(OC3CCCC3)nc1)CC2. The molecule has 0 bridgehead atoms. The second-order valence-electron chi connectivity index (χ2n) is 7.66. The van der Waals surface area contributed by atoms with Gasteiger partial charge in [0.2, 0.25) is 5.88 Å². The minimum absolute atomic E-state index is 0.0257. The van der Waals surface area contributed by atoms with E-state index in [0.29, 0.717) is 24.5 Å². The van der Waals surface area contributed by atoms with Crippen LogP contribution in [-0.4, -0.2) is 46.1 Å². The lowest BCUT2D eigenvalue weighted by atomic mass is 9.90. The van der Waals surface area contributed by atoms with Crippen molar-refractivity contribution >= 4 is 11.9 Å². The zero-order chi connectivity index (χ0) is 17.4. The Morgan fingerprint density at radius 2 is 1.92 bits per heavy atom. The van der Waals surface area contributed by atoms with Gasteiger partial charge in [-0.2, -0.15) is 0 Å². The predicted octanol–water partition coefficient (Wildman–Crippen LogP) is 2.73. The first-order valence-corrected chi connectivity index (χ1v) is 9.22. The van der Waals surface area contributed by atoms with Crippen LogP contribution in [-0.2, 0) is 4.79 Å². The molecule has 2 heterocycles. The zero-order valence-corrected chi connectivity index (χ0v) is 14.3. The predicted molar refractivity (Wildman–Crippen MR) is 90.4 cm³/mol. The number of hydrogen-bond donors (Lipinski definition) is 1. The number of pyridine rings is 1. The minimum atomic E-state index is -0.693. The molecule has 1 unspecified atom stereocenters. The normalized spacial score (nSPS) is 25.1. The second kappa shape index (κ2) is 6.32. The summed E-state index contributed by atoms with van der Waals surface area (Å²) in [5.41, 5.74) is 0.514. The van der Waals surface area contributed by atoms with E-state index in [1.165, 1.54) is 12.8 Å². The Labute approximate surface area is 147 Å². The third-order valence-electron chi connectivity index (χ3n) is 6.11. The van der Waals surface area contributed by atoms with Gasteiger partial charge in [-0.3, -0.25) is 9.59 Å². The standard InChI is InChI=1S/C19H24N2O4/c22-17(21-9-7-19(8-10-21)11-15(19)18(23)24)13-5-6-16(20-12-13)25-14-3-1-2-4-14/h5-6,12,14-15H,1-4,7-11H2,(H,23,24). The van der Waals surface area contributed by atoms with Gasteiger partial charge in [0.05, 0.1) is 11.5 Å². The van der Waals surface area contributed by atoms with E-state index in [4.69, 9.17) is 9.84 Å². The van der Waals surface area contributed by atoms with Crippen molar-refractivity contribution in [1.82, 2.24) is 9.88 Å². The maximum atomic E-state index is 12.6. The van der Waals surface area contributed by atoms with Crippen LogP contribution in [0.3, 0.4) is 0 Å². The highest BCUT2D eigenvalue weighted by Gasteiger charge is 2.59. The molecule has 2 saturated carbocycles. The number of aromatic nitrogens is 1. The van der Waals surface area contributed by atoms with Gasteiger partial charge in [0, 0.05) is 25.4 Å². The molecule has 1 amide bonds. The number of carboxylic acid groups (broad SMARTS) is 1. The number of nitrogens with zero attached hydrogens (tertiary/aromatic N) is 2. The van der Waals surface area contributed by atoms with Crippen molar-refractivity contribution in [2.45, 2.75) is 51.0 Å². The average Bonchev–Trinajstić information content (AvgIpc) is 3.08. The van der Waals surface area contributed by atoms with Crippen molar-refractivity contribution < 1.29 is 19.4 Å². The highest BCUT2D eigenvalue weighted by atomic mass is 16.5. The van der Waals surface area contributed by atoms with Crippen LogP contribution in [0.5, 0.6) is 5.88 Å².